The van der Waals surface area contributed by atoms with Gasteiger partial charge >= 0.3 is 0 Å². The maximum atomic E-state index is 12.3. The molecule has 1 aliphatic carbocycles. The smallest absolute Gasteiger partial charge is 0.243 e. The van der Waals surface area contributed by atoms with Crippen LogP contribution in [0.25, 0.3) is 0 Å². The summed E-state index contributed by atoms with van der Waals surface area (Å²) in [6, 6.07) is 0. The number of nitrogens with zero attached hydrogens (tertiary/aromatic N) is 1. The predicted octanol–water partition coefficient (Wildman–Crippen LogP) is 1.98. The van der Waals surface area contributed by atoms with Crippen molar-refractivity contribution in [2.45, 2.75) is 58.7 Å². The van der Waals surface area contributed by atoms with Crippen LogP contribution in [-0.4, -0.2) is 29.1 Å². The SMILES string of the molecule is CCC1(C)NC(C)N(CC(C)C2CC2)C1=O. The third-order valence-electron chi connectivity index (χ3n) is 4.35. The molecule has 1 saturated carbocycles. The van der Waals surface area contributed by atoms with Gasteiger partial charge in [0.25, 0.3) is 0 Å². The van der Waals surface area contributed by atoms with Gasteiger partial charge in [-0.2, -0.15) is 0 Å². The van der Waals surface area contributed by atoms with E-state index in [9.17, 15) is 4.79 Å². The average molecular weight is 224 g/mol. The summed E-state index contributed by atoms with van der Waals surface area (Å²) in [6.07, 6.45) is 3.77. The van der Waals surface area contributed by atoms with E-state index in [1.165, 1.54) is 12.8 Å². The van der Waals surface area contributed by atoms with Gasteiger partial charge in [-0.15, -0.1) is 0 Å². The topological polar surface area (TPSA) is 32.3 Å². The van der Waals surface area contributed by atoms with E-state index in [1.807, 2.05) is 11.8 Å². The van der Waals surface area contributed by atoms with Gasteiger partial charge in [-0.1, -0.05) is 13.8 Å². The molecule has 3 nitrogen and oxygen atoms in total. The quantitative estimate of drug-likeness (QED) is 0.792. The summed E-state index contributed by atoms with van der Waals surface area (Å²) in [4.78, 5) is 14.3. The van der Waals surface area contributed by atoms with Gasteiger partial charge in [0, 0.05) is 6.54 Å². The monoisotopic (exact) mass is 224 g/mol. The number of hydrogen-bond donors (Lipinski definition) is 1. The molecule has 3 heteroatoms. The van der Waals surface area contributed by atoms with E-state index >= 15 is 0 Å². The molecule has 3 unspecified atom stereocenters. The van der Waals surface area contributed by atoms with Crippen molar-refractivity contribution in [3.63, 3.8) is 0 Å². The molecule has 1 amide bonds. The van der Waals surface area contributed by atoms with Crippen molar-refractivity contribution >= 4 is 5.91 Å². The Kier molecular flexibility index (Phi) is 2.99. The summed E-state index contributed by atoms with van der Waals surface area (Å²) in [5, 5.41) is 3.42. The van der Waals surface area contributed by atoms with Crippen molar-refractivity contribution in [3.8, 4) is 0 Å². The maximum Gasteiger partial charge on any atom is 0.243 e. The standard InChI is InChI=1S/C13H24N2O/c1-5-13(4)12(16)15(10(3)14-13)8-9(2)11-6-7-11/h9-11,14H,5-8H2,1-4H3. The molecule has 0 spiro atoms. The van der Waals surface area contributed by atoms with E-state index < -0.39 is 0 Å². The first-order valence-corrected chi connectivity index (χ1v) is 6.56. The second kappa shape index (κ2) is 4.02. The Bertz CT molecular complexity index is 288. The van der Waals surface area contributed by atoms with Crippen LogP contribution in [0.5, 0.6) is 0 Å². The Labute approximate surface area is 98.6 Å². The lowest BCUT2D eigenvalue weighted by molar-refractivity contribution is -0.133. The van der Waals surface area contributed by atoms with E-state index in [-0.39, 0.29) is 17.6 Å². The molecule has 1 N–H and O–H groups in total. The maximum absolute atomic E-state index is 12.3. The molecular weight excluding hydrogens is 200 g/mol. The van der Waals surface area contributed by atoms with Crippen molar-refractivity contribution in [1.29, 1.82) is 0 Å². The molecule has 3 atom stereocenters. The Morgan fingerprint density at radius 1 is 1.56 bits per heavy atom. The van der Waals surface area contributed by atoms with Gasteiger partial charge in [-0.3, -0.25) is 10.1 Å². The lowest BCUT2D eigenvalue weighted by atomic mass is 9.99. The zero-order chi connectivity index (χ0) is 11.9. The van der Waals surface area contributed by atoms with Crippen LogP contribution in [0, 0.1) is 11.8 Å². The van der Waals surface area contributed by atoms with Gasteiger partial charge in [0.1, 0.15) is 0 Å². The molecule has 92 valence electrons. The Balaban J connectivity index is 2.01. The minimum absolute atomic E-state index is 0.193. The van der Waals surface area contributed by atoms with E-state index in [0.29, 0.717) is 5.92 Å². The van der Waals surface area contributed by atoms with Crippen LogP contribution in [0.3, 0.4) is 0 Å². The van der Waals surface area contributed by atoms with Gasteiger partial charge in [0.05, 0.1) is 11.7 Å². The van der Waals surface area contributed by atoms with Gasteiger partial charge in [0.15, 0.2) is 0 Å². The number of rotatable bonds is 4. The fourth-order valence-corrected chi connectivity index (χ4v) is 2.71. The van der Waals surface area contributed by atoms with Gasteiger partial charge in [-0.05, 0) is 44.9 Å². The summed E-state index contributed by atoms with van der Waals surface area (Å²) in [5.41, 5.74) is -0.331. The summed E-state index contributed by atoms with van der Waals surface area (Å²) in [7, 11) is 0. The first-order chi connectivity index (χ1) is 7.48. The lowest BCUT2D eigenvalue weighted by Crippen LogP contribution is -2.43. The zero-order valence-electron chi connectivity index (χ0n) is 10.9. The van der Waals surface area contributed by atoms with Gasteiger partial charge in [0.2, 0.25) is 5.91 Å². The van der Waals surface area contributed by atoms with Crippen molar-refractivity contribution in [2.24, 2.45) is 11.8 Å². The number of carbonyl (C=O) groups is 1. The van der Waals surface area contributed by atoms with Crippen LogP contribution < -0.4 is 5.32 Å². The van der Waals surface area contributed by atoms with Gasteiger partial charge < -0.3 is 4.90 Å². The molecule has 0 aromatic rings. The molecule has 1 heterocycles. The fraction of sp³-hybridized carbons (Fsp3) is 0.923. The third-order valence-corrected chi connectivity index (χ3v) is 4.35. The zero-order valence-corrected chi connectivity index (χ0v) is 10.9. The highest BCUT2D eigenvalue weighted by Crippen LogP contribution is 2.38. The van der Waals surface area contributed by atoms with E-state index in [0.717, 1.165) is 18.9 Å². The van der Waals surface area contributed by atoms with E-state index in [2.05, 4.69) is 26.1 Å². The van der Waals surface area contributed by atoms with Crippen LogP contribution in [0.15, 0.2) is 0 Å². The first kappa shape index (κ1) is 11.9. The molecular formula is C13H24N2O. The third kappa shape index (κ3) is 1.97. The Morgan fingerprint density at radius 2 is 2.19 bits per heavy atom. The lowest BCUT2D eigenvalue weighted by Gasteiger charge is -2.25. The van der Waals surface area contributed by atoms with Crippen molar-refractivity contribution < 1.29 is 4.79 Å². The fourth-order valence-electron chi connectivity index (χ4n) is 2.71. The minimum atomic E-state index is -0.331. The van der Waals surface area contributed by atoms with Crippen molar-refractivity contribution in [3.05, 3.63) is 0 Å². The molecule has 2 rings (SSSR count). The summed E-state index contributed by atoms with van der Waals surface area (Å²) >= 11 is 0. The molecule has 1 saturated heterocycles. The number of carbonyl (C=O) groups excluding carboxylic acids is 1. The highest BCUT2D eigenvalue weighted by Gasteiger charge is 2.45. The summed E-state index contributed by atoms with van der Waals surface area (Å²) < 4.78 is 0. The molecule has 0 aromatic heterocycles. The highest BCUT2D eigenvalue weighted by atomic mass is 16.2. The van der Waals surface area contributed by atoms with E-state index in [1.54, 1.807) is 0 Å². The van der Waals surface area contributed by atoms with Gasteiger partial charge in [-0.25, -0.2) is 0 Å². The molecule has 1 aliphatic heterocycles. The number of hydrogen-bond acceptors (Lipinski definition) is 2. The predicted molar refractivity (Wildman–Crippen MR) is 64.9 cm³/mol. The second-order valence-electron chi connectivity index (χ2n) is 5.78. The number of amides is 1. The van der Waals surface area contributed by atoms with Crippen LogP contribution >= 0.6 is 0 Å². The Hall–Kier alpha value is -0.570. The largest absolute Gasteiger partial charge is 0.326 e. The second-order valence-corrected chi connectivity index (χ2v) is 5.78. The Morgan fingerprint density at radius 3 is 2.62 bits per heavy atom. The molecule has 16 heavy (non-hydrogen) atoms. The summed E-state index contributed by atoms with van der Waals surface area (Å²) in [5.74, 6) is 1.82. The first-order valence-electron chi connectivity index (χ1n) is 6.56. The van der Waals surface area contributed by atoms with E-state index in [4.69, 9.17) is 0 Å². The summed E-state index contributed by atoms with van der Waals surface area (Å²) in [6.45, 7) is 9.39. The normalized spacial score (nSPS) is 36.9. The average Bonchev–Trinajstić information content (AvgIpc) is 3.04. The highest BCUT2D eigenvalue weighted by molar-refractivity contribution is 5.88. The molecule has 0 radical (unpaired) electrons. The van der Waals surface area contributed by atoms with Crippen LogP contribution in [0.1, 0.15) is 47.0 Å². The molecule has 0 bridgehead atoms. The van der Waals surface area contributed by atoms with Crippen LogP contribution in [0.4, 0.5) is 0 Å². The van der Waals surface area contributed by atoms with Crippen LogP contribution in [-0.2, 0) is 4.79 Å². The van der Waals surface area contributed by atoms with Crippen LogP contribution in [0.2, 0.25) is 0 Å². The minimum Gasteiger partial charge on any atom is -0.326 e. The molecule has 0 aromatic carbocycles. The van der Waals surface area contributed by atoms with Crippen molar-refractivity contribution in [2.75, 3.05) is 6.54 Å². The molecule has 2 aliphatic rings. The number of nitrogens with one attached hydrogen (secondary N) is 1. The van der Waals surface area contributed by atoms with Crippen molar-refractivity contribution in [1.82, 2.24) is 10.2 Å². The molecule has 2 fully saturated rings.